The number of nitrogens with one attached hydrogen (secondary N) is 1. The predicted molar refractivity (Wildman–Crippen MR) is 83.3 cm³/mol. The summed E-state index contributed by atoms with van der Waals surface area (Å²) in [5.41, 5.74) is 2.75. The number of halogens is 1. The van der Waals surface area contributed by atoms with E-state index < -0.39 is 0 Å². The highest BCUT2D eigenvalue weighted by Crippen LogP contribution is 2.28. The summed E-state index contributed by atoms with van der Waals surface area (Å²) in [5, 5.41) is 3.68. The first kappa shape index (κ1) is 13.6. The van der Waals surface area contributed by atoms with Crippen molar-refractivity contribution in [1.82, 2.24) is 10.2 Å². The maximum Gasteiger partial charge on any atom is 0.0253 e. The summed E-state index contributed by atoms with van der Waals surface area (Å²) >= 11 is 3.72. The maximum atomic E-state index is 3.72. The molecule has 2 heterocycles. The van der Waals surface area contributed by atoms with E-state index in [0.29, 0.717) is 0 Å². The van der Waals surface area contributed by atoms with Crippen LogP contribution in [0.15, 0.2) is 22.7 Å². The SMILES string of the molecule is Cc1ccc(CN2CCCC2C2CCCN2)c(Br)c1. The number of benzene rings is 1. The molecule has 0 aromatic heterocycles. The van der Waals surface area contributed by atoms with Gasteiger partial charge in [-0.3, -0.25) is 4.90 Å². The Hall–Kier alpha value is -0.380. The van der Waals surface area contributed by atoms with E-state index in [0.717, 1.165) is 18.6 Å². The van der Waals surface area contributed by atoms with Crippen LogP contribution in [0.5, 0.6) is 0 Å². The first-order chi connectivity index (χ1) is 9.24. The minimum atomic E-state index is 0.728. The molecule has 19 heavy (non-hydrogen) atoms. The van der Waals surface area contributed by atoms with Crippen molar-refractivity contribution < 1.29 is 0 Å². The van der Waals surface area contributed by atoms with Crippen LogP contribution in [-0.2, 0) is 6.54 Å². The molecular weight excluding hydrogens is 300 g/mol. The van der Waals surface area contributed by atoms with Crippen LogP contribution < -0.4 is 5.32 Å². The van der Waals surface area contributed by atoms with E-state index in [2.05, 4.69) is 51.3 Å². The fourth-order valence-electron chi connectivity index (χ4n) is 3.54. The number of aryl methyl sites for hydroxylation is 1. The van der Waals surface area contributed by atoms with E-state index in [1.807, 2.05) is 0 Å². The summed E-state index contributed by atoms with van der Waals surface area (Å²) in [5.74, 6) is 0. The Kier molecular flexibility index (Phi) is 4.25. The lowest BCUT2D eigenvalue weighted by Crippen LogP contribution is -2.43. The summed E-state index contributed by atoms with van der Waals surface area (Å²) in [6, 6.07) is 8.20. The Balaban J connectivity index is 1.70. The van der Waals surface area contributed by atoms with E-state index in [9.17, 15) is 0 Å². The minimum Gasteiger partial charge on any atom is -0.312 e. The largest absolute Gasteiger partial charge is 0.312 e. The lowest BCUT2D eigenvalue weighted by molar-refractivity contribution is 0.206. The van der Waals surface area contributed by atoms with E-state index >= 15 is 0 Å². The van der Waals surface area contributed by atoms with Gasteiger partial charge in [0.1, 0.15) is 0 Å². The van der Waals surface area contributed by atoms with E-state index in [4.69, 9.17) is 0 Å². The summed E-state index contributed by atoms with van der Waals surface area (Å²) in [6.45, 7) is 5.70. The summed E-state index contributed by atoms with van der Waals surface area (Å²) in [6.07, 6.45) is 5.42. The molecule has 2 saturated heterocycles. The first-order valence-electron chi connectivity index (χ1n) is 7.46. The third-order valence-corrected chi connectivity index (χ3v) is 5.30. The van der Waals surface area contributed by atoms with Crippen molar-refractivity contribution in [2.24, 2.45) is 0 Å². The molecule has 0 aliphatic carbocycles. The third-order valence-electron chi connectivity index (χ3n) is 4.56. The molecule has 1 aromatic rings. The van der Waals surface area contributed by atoms with Gasteiger partial charge in [-0.25, -0.2) is 0 Å². The minimum absolute atomic E-state index is 0.728. The Bertz CT molecular complexity index is 440. The molecule has 1 aromatic carbocycles. The summed E-state index contributed by atoms with van der Waals surface area (Å²) < 4.78 is 1.26. The Morgan fingerprint density at radius 2 is 2.21 bits per heavy atom. The molecule has 3 heteroatoms. The lowest BCUT2D eigenvalue weighted by Gasteiger charge is -2.29. The summed E-state index contributed by atoms with van der Waals surface area (Å²) in [7, 11) is 0. The second-order valence-corrected chi connectivity index (χ2v) is 6.83. The molecule has 0 saturated carbocycles. The highest BCUT2D eigenvalue weighted by Gasteiger charge is 2.33. The van der Waals surface area contributed by atoms with Crippen molar-refractivity contribution in [2.45, 2.75) is 51.2 Å². The van der Waals surface area contributed by atoms with Crippen molar-refractivity contribution in [2.75, 3.05) is 13.1 Å². The van der Waals surface area contributed by atoms with Crippen LogP contribution in [0.2, 0.25) is 0 Å². The van der Waals surface area contributed by atoms with Crippen molar-refractivity contribution in [1.29, 1.82) is 0 Å². The molecule has 0 amide bonds. The number of hydrogen-bond acceptors (Lipinski definition) is 2. The Labute approximate surface area is 124 Å². The molecule has 0 bridgehead atoms. The highest BCUT2D eigenvalue weighted by molar-refractivity contribution is 9.10. The Morgan fingerprint density at radius 3 is 2.95 bits per heavy atom. The molecule has 104 valence electrons. The zero-order valence-electron chi connectivity index (χ0n) is 11.7. The van der Waals surface area contributed by atoms with Gasteiger partial charge >= 0.3 is 0 Å². The molecular formula is C16H23BrN2. The second kappa shape index (κ2) is 5.94. The number of hydrogen-bond donors (Lipinski definition) is 1. The van der Waals surface area contributed by atoms with Gasteiger partial charge in [-0.1, -0.05) is 28.1 Å². The van der Waals surface area contributed by atoms with Gasteiger partial charge in [0, 0.05) is 23.1 Å². The van der Waals surface area contributed by atoms with Crippen LogP contribution in [0.25, 0.3) is 0 Å². The van der Waals surface area contributed by atoms with Gasteiger partial charge in [-0.15, -0.1) is 0 Å². The fourth-order valence-corrected chi connectivity index (χ4v) is 4.16. The van der Waals surface area contributed by atoms with Crippen LogP contribution in [0.1, 0.15) is 36.8 Å². The molecule has 2 aliphatic heterocycles. The van der Waals surface area contributed by atoms with Gasteiger partial charge in [0.05, 0.1) is 0 Å². The maximum absolute atomic E-state index is 3.72. The molecule has 2 fully saturated rings. The first-order valence-corrected chi connectivity index (χ1v) is 8.26. The van der Waals surface area contributed by atoms with E-state index in [1.54, 1.807) is 0 Å². The molecule has 0 spiro atoms. The van der Waals surface area contributed by atoms with Crippen molar-refractivity contribution in [3.63, 3.8) is 0 Å². The smallest absolute Gasteiger partial charge is 0.0253 e. The van der Waals surface area contributed by atoms with E-state index in [-0.39, 0.29) is 0 Å². The molecule has 2 atom stereocenters. The van der Waals surface area contributed by atoms with Crippen LogP contribution in [0, 0.1) is 6.92 Å². The van der Waals surface area contributed by atoms with Crippen LogP contribution in [0.3, 0.4) is 0 Å². The second-order valence-electron chi connectivity index (χ2n) is 5.98. The number of nitrogens with zero attached hydrogens (tertiary/aromatic N) is 1. The molecule has 2 aliphatic rings. The molecule has 1 N–H and O–H groups in total. The molecule has 2 nitrogen and oxygen atoms in total. The Morgan fingerprint density at radius 1 is 1.32 bits per heavy atom. The molecule has 2 unspecified atom stereocenters. The summed E-state index contributed by atoms with van der Waals surface area (Å²) in [4.78, 5) is 2.68. The van der Waals surface area contributed by atoms with Crippen LogP contribution in [-0.4, -0.2) is 30.1 Å². The number of rotatable bonds is 3. The van der Waals surface area contributed by atoms with Gasteiger partial charge in [0.25, 0.3) is 0 Å². The lowest BCUT2D eigenvalue weighted by atomic mass is 10.0. The quantitative estimate of drug-likeness (QED) is 0.916. The zero-order valence-corrected chi connectivity index (χ0v) is 13.2. The predicted octanol–water partition coefficient (Wildman–Crippen LogP) is 3.47. The average molecular weight is 323 g/mol. The highest BCUT2D eigenvalue weighted by atomic mass is 79.9. The van der Waals surface area contributed by atoms with Gasteiger partial charge in [-0.2, -0.15) is 0 Å². The van der Waals surface area contributed by atoms with Crippen molar-refractivity contribution in [3.8, 4) is 0 Å². The normalized spacial score (nSPS) is 28.1. The standard InChI is InChI=1S/C16H23BrN2/c1-12-6-7-13(14(17)10-12)11-19-9-3-5-16(19)15-4-2-8-18-15/h6-7,10,15-16,18H,2-5,8-9,11H2,1H3. The van der Waals surface area contributed by atoms with Crippen molar-refractivity contribution in [3.05, 3.63) is 33.8 Å². The third kappa shape index (κ3) is 3.04. The number of likely N-dealkylation sites (tertiary alicyclic amines) is 1. The van der Waals surface area contributed by atoms with Gasteiger partial charge in [0.2, 0.25) is 0 Å². The van der Waals surface area contributed by atoms with Crippen LogP contribution in [0.4, 0.5) is 0 Å². The van der Waals surface area contributed by atoms with Crippen molar-refractivity contribution >= 4 is 15.9 Å². The molecule has 0 radical (unpaired) electrons. The van der Waals surface area contributed by atoms with E-state index in [1.165, 1.54) is 54.4 Å². The van der Waals surface area contributed by atoms with Crippen LogP contribution >= 0.6 is 15.9 Å². The fraction of sp³-hybridized carbons (Fsp3) is 0.625. The van der Waals surface area contributed by atoms with Gasteiger partial charge in [0.15, 0.2) is 0 Å². The average Bonchev–Trinajstić information content (AvgIpc) is 3.03. The molecule has 3 rings (SSSR count). The monoisotopic (exact) mass is 322 g/mol. The van der Waals surface area contributed by atoms with Gasteiger partial charge in [-0.05, 0) is 62.9 Å². The topological polar surface area (TPSA) is 15.3 Å². The van der Waals surface area contributed by atoms with Gasteiger partial charge < -0.3 is 5.32 Å². The zero-order chi connectivity index (χ0) is 13.2.